The van der Waals surface area contributed by atoms with Gasteiger partial charge in [-0.1, -0.05) is 107 Å². The van der Waals surface area contributed by atoms with Gasteiger partial charge in [0.05, 0.1) is 0 Å². The summed E-state index contributed by atoms with van der Waals surface area (Å²) in [6.45, 7) is 6.39. The highest BCUT2D eigenvalue weighted by Crippen LogP contribution is 2.12. The summed E-state index contributed by atoms with van der Waals surface area (Å²) < 4.78 is 0. The molecule has 0 aliphatic rings. The lowest BCUT2D eigenvalue weighted by molar-refractivity contribution is 0.572. The van der Waals surface area contributed by atoms with Crippen LogP contribution in [0.4, 0.5) is 0 Å². The predicted molar refractivity (Wildman–Crippen MR) is 149 cm³/mol. The Hall–Kier alpha value is -1.09. The molecular weight excluding hydrogens is 392 g/mol. The zero-order chi connectivity index (χ0) is 22.8. The fourth-order valence-corrected chi connectivity index (χ4v) is 4.66. The highest BCUT2D eigenvalue weighted by molar-refractivity contribution is 8.06. The molecule has 0 fully saturated rings. The second-order valence-corrected chi connectivity index (χ2v) is 10.9. The molecule has 0 saturated carbocycles. The van der Waals surface area contributed by atoms with E-state index in [2.05, 4.69) is 61.4 Å². The Morgan fingerprint density at radius 2 is 1.39 bits per heavy atom. The highest BCUT2D eigenvalue weighted by Gasteiger charge is 1.92. The molecule has 0 aromatic rings. The van der Waals surface area contributed by atoms with Crippen LogP contribution in [0, 0.1) is 17.0 Å². The lowest BCUT2D eigenvalue weighted by Crippen LogP contribution is -1.81. The fraction of sp³-hybridized carbons (Fsp3) is 0.700. The van der Waals surface area contributed by atoms with E-state index in [1.54, 1.807) is 0 Å². The number of hydrogen-bond acceptors (Lipinski definition) is 0. The molecule has 178 valence electrons. The zero-order valence-electron chi connectivity index (χ0n) is 21.4. The Morgan fingerprint density at radius 3 is 2.10 bits per heavy atom. The van der Waals surface area contributed by atoms with Crippen LogP contribution in [0.15, 0.2) is 36.0 Å². The van der Waals surface area contributed by atoms with Gasteiger partial charge in [-0.2, -0.15) is 0 Å². The van der Waals surface area contributed by atoms with E-state index >= 15 is 0 Å². The van der Waals surface area contributed by atoms with Crippen molar-refractivity contribution in [3.8, 4) is 17.0 Å². The Morgan fingerprint density at radius 1 is 0.774 bits per heavy atom. The normalized spacial score (nSPS) is 12.8. The van der Waals surface area contributed by atoms with E-state index in [9.17, 15) is 0 Å². The monoisotopic (exact) mass is 444 g/mol. The van der Waals surface area contributed by atoms with Crippen LogP contribution in [0.5, 0.6) is 0 Å². The van der Waals surface area contributed by atoms with Gasteiger partial charge in [-0.05, 0) is 63.5 Å². The van der Waals surface area contributed by atoms with Crippen molar-refractivity contribution in [2.24, 2.45) is 0 Å². The molecule has 0 radical (unpaired) electrons. The number of rotatable bonds is 17. The first kappa shape index (κ1) is 29.9. The van der Waals surface area contributed by atoms with Crippen LogP contribution in [0.2, 0.25) is 0 Å². The molecule has 0 aliphatic carbocycles. The maximum Gasteiger partial charge on any atom is 0.00923 e. The molecule has 0 nitrogen and oxygen atoms in total. The van der Waals surface area contributed by atoms with Gasteiger partial charge in [0, 0.05) is 12.8 Å². The van der Waals surface area contributed by atoms with Crippen LogP contribution in [0.25, 0.3) is 0 Å². The fourth-order valence-electron chi connectivity index (χ4n) is 3.43. The summed E-state index contributed by atoms with van der Waals surface area (Å²) in [4.78, 5) is 0. The zero-order valence-corrected chi connectivity index (χ0v) is 22.2. The summed E-state index contributed by atoms with van der Waals surface area (Å²) in [6, 6.07) is 0. The number of thiol groups is 1. The average molecular weight is 445 g/mol. The van der Waals surface area contributed by atoms with E-state index in [0.717, 1.165) is 12.0 Å². The van der Waals surface area contributed by atoms with Gasteiger partial charge in [-0.25, -0.2) is 10.3 Å². The minimum atomic E-state index is 0.0379. The minimum absolute atomic E-state index is 0.0379. The lowest BCUT2D eigenvalue weighted by atomic mass is 10.1. The SMILES string of the molecule is C/C=C\C=C(/C)C#CCCCCCCCCCC/C=C/CC[SH](C)#CCCCCCC. The van der Waals surface area contributed by atoms with E-state index in [4.69, 9.17) is 0 Å². The van der Waals surface area contributed by atoms with Crippen molar-refractivity contribution in [2.45, 2.75) is 124 Å². The predicted octanol–water partition coefficient (Wildman–Crippen LogP) is 9.92. The lowest BCUT2D eigenvalue weighted by Gasteiger charge is -2.01. The van der Waals surface area contributed by atoms with Gasteiger partial charge >= 0.3 is 0 Å². The van der Waals surface area contributed by atoms with Crippen LogP contribution in [0.3, 0.4) is 0 Å². The summed E-state index contributed by atoms with van der Waals surface area (Å²) in [5.74, 6) is 7.86. The van der Waals surface area contributed by atoms with Gasteiger partial charge in [0.25, 0.3) is 0 Å². The molecule has 0 bridgehead atoms. The molecular formula is C30H52S. The van der Waals surface area contributed by atoms with Crippen molar-refractivity contribution in [2.75, 3.05) is 12.0 Å². The Kier molecular flexibility index (Phi) is 24.3. The molecule has 1 heteroatoms. The van der Waals surface area contributed by atoms with E-state index < -0.39 is 0 Å². The molecule has 0 aliphatic heterocycles. The summed E-state index contributed by atoms with van der Waals surface area (Å²) in [5.41, 5.74) is 1.16. The molecule has 0 N–H and O–H groups in total. The largest absolute Gasteiger partial charge is 0.203 e. The van der Waals surface area contributed by atoms with Crippen molar-refractivity contribution < 1.29 is 0 Å². The van der Waals surface area contributed by atoms with Gasteiger partial charge in [0.2, 0.25) is 0 Å². The maximum absolute atomic E-state index is 3.72. The van der Waals surface area contributed by atoms with Crippen LogP contribution in [-0.2, 0) is 0 Å². The molecule has 0 amide bonds. The van der Waals surface area contributed by atoms with Crippen molar-refractivity contribution in [3.63, 3.8) is 0 Å². The van der Waals surface area contributed by atoms with E-state index in [-0.39, 0.29) is 10.3 Å². The number of hydrogen-bond donors (Lipinski definition) is 1. The number of unbranched alkanes of at least 4 members (excludes halogenated alkanes) is 13. The first-order chi connectivity index (χ1) is 15.2. The molecule has 0 spiro atoms. The Labute approximate surface area is 198 Å². The van der Waals surface area contributed by atoms with Crippen molar-refractivity contribution in [1.82, 2.24) is 0 Å². The smallest absolute Gasteiger partial charge is 0.00923 e. The molecule has 0 rings (SSSR count). The van der Waals surface area contributed by atoms with Crippen LogP contribution < -0.4 is 0 Å². The van der Waals surface area contributed by atoms with Crippen molar-refractivity contribution in [1.29, 1.82) is 0 Å². The molecule has 1 unspecified atom stereocenters. The van der Waals surface area contributed by atoms with Crippen molar-refractivity contribution in [3.05, 3.63) is 36.0 Å². The summed E-state index contributed by atoms with van der Waals surface area (Å²) in [7, 11) is 0.0379. The van der Waals surface area contributed by atoms with E-state index in [0.29, 0.717) is 0 Å². The number of allylic oxidation sites excluding steroid dienone is 6. The topological polar surface area (TPSA) is 0 Å². The van der Waals surface area contributed by atoms with E-state index in [1.807, 2.05) is 13.0 Å². The van der Waals surface area contributed by atoms with E-state index in [1.165, 1.54) is 102 Å². The molecule has 0 aromatic carbocycles. The second-order valence-electron chi connectivity index (χ2n) is 8.69. The first-order valence-electron chi connectivity index (χ1n) is 13.1. The van der Waals surface area contributed by atoms with Crippen molar-refractivity contribution >= 4 is 10.3 Å². The van der Waals surface area contributed by atoms with Crippen LogP contribution in [0.1, 0.15) is 124 Å². The molecule has 1 atom stereocenters. The summed E-state index contributed by atoms with van der Waals surface area (Å²) in [5, 5.41) is 3.72. The molecule has 31 heavy (non-hydrogen) atoms. The molecule has 0 heterocycles. The van der Waals surface area contributed by atoms with Gasteiger partial charge < -0.3 is 0 Å². The summed E-state index contributed by atoms with van der Waals surface area (Å²) >= 11 is 0. The first-order valence-corrected chi connectivity index (χ1v) is 15.1. The van der Waals surface area contributed by atoms with Gasteiger partial charge in [0.1, 0.15) is 0 Å². The Bertz CT molecular complexity index is 624. The third-order valence-corrected chi connectivity index (χ3v) is 7.15. The van der Waals surface area contributed by atoms with Gasteiger partial charge in [-0.3, -0.25) is 0 Å². The second kappa shape index (κ2) is 25.2. The van der Waals surface area contributed by atoms with Gasteiger partial charge in [0.15, 0.2) is 0 Å². The van der Waals surface area contributed by atoms with Crippen LogP contribution in [-0.4, -0.2) is 12.0 Å². The standard InChI is InChI=1S/C30H52S/c1-5-7-9-21-24-28-31(4)29-25-22-19-17-15-13-11-10-12-14-16-18-20-23-27-30(3)26-8-6-2/h6,8,19,22,26,31H,5,7,9-18,20-21,24-25,29H2,1-4H3/b8-6-,22-19+,30-26+. The Balaban J connectivity index is 3.43. The van der Waals surface area contributed by atoms with Crippen LogP contribution >= 0.6 is 10.3 Å². The minimum Gasteiger partial charge on any atom is -0.203 e. The maximum atomic E-state index is 3.72. The quantitative estimate of drug-likeness (QED) is 0.0745. The van der Waals surface area contributed by atoms with Gasteiger partial charge in [-0.15, -0.1) is 5.18 Å². The molecule has 0 aromatic heterocycles. The highest BCUT2D eigenvalue weighted by atomic mass is 32.2. The molecule has 0 saturated heterocycles. The third-order valence-electron chi connectivity index (χ3n) is 5.46. The average Bonchev–Trinajstić information content (AvgIpc) is 2.77. The summed E-state index contributed by atoms with van der Waals surface area (Å²) in [6.07, 6.45) is 34.6. The third kappa shape index (κ3) is 25.0.